The molecule has 34 heavy (non-hydrogen) atoms. The smallest absolute Gasteiger partial charge is 0.308 e. The van der Waals surface area contributed by atoms with E-state index in [0.29, 0.717) is 22.1 Å². The van der Waals surface area contributed by atoms with Crippen LogP contribution in [0.5, 0.6) is 5.75 Å². The van der Waals surface area contributed by atoms with Crippen LogP contribution in [-0.4, -0.2) is 47.0 Å². The van der Waals surface area contributed by atoms with Crippen molar-refractivity contribution in [3.63, 3.8) is 0 Å². The molecule has 3 aliphatic rings. The largest absolute Gasteiger partial charge is 0.427 e. The lowest BCUT2D eigenvalue weighted by molar-refractivity contribution is -0.132. The molecule has 1 N–H and O–H groups in total. The van der Waals surface area contributed by atoms with Crippen LogP contribution in [0.3, 0.4) is 0 Å². The Hall–Kier alpha value is -3.98. The Labute approximate surface area is 199 Å². The van der Waals surface area contributed by atoms with Crippen LogP contribution in [0.1, 0.15) is 6.92 Å². The molecule has 2 aromatic rings. The summed E-state index contributed by atoms with van der Waals surface area (Å²) in [6, 6.07) is 11.2. The van der Waals surface area contributed by atoms with E-state index in [-0.39, 0.29) is 0 Å². The van der Waals surface area contributed by atoms with Gasteiger partial charge in [-0.15, -0.1) is 0 Å². The number of amides is 3. The summed E-state index contributed by atoms with van der Waals surface area (Å²) in [7, 11) is 0. The van der Waals surface area contributed by atoms with Gasteiger partial charge < -0.3 is 10.1 Å². The minimum atomic E-state index is -0.978. The second kappa shape index (κ2) is 8.42. The molecule has 10 heteroatoms. The second-order valence-electron chi connectivity index (χ2n) is 8.11. The quantitative estimate of drug-likeness (QED) is 0.411. The van der Waals surface area contributed by atoms with E-state index in [1.54, 1.807) is 36.4 Å². The monoisotopic (exact) mass is 478 g/mol. The zero-order valence-corrected chi connectivity index (χ0v) is 18.7. The number of anilines is 2. The number of hydrogen-bond acceptors (Lipinski definition) is 7. The average molecular weight is 479 g/mol. The Balaban J connectivity index is 1.46. The molecule has 3 aliphatic heterocycles. The van der Waals surface area contributed by atoms with Gasteiger partial charge in [-0.25, -0.2) is 4.90 Å². The highest BCUT2D eigenvalue weighted by molar-refractivity contribution is 6.30. The van der Waals surface area contributed by atoms with Crippen LogP contribution in [-0.2, 0) is 19.2 Å². The molecule has 0 aliphatic carbocycles. The van der Waals surface area contributed by atoms with E-state index in [1.807, 2.05) is 0 Å². The van der Waals surface area contributed by atoms with Gasteiger partial charge in [0.15, 0.2) is 0 Å². The second-order valence-corrected chi connectivity index (χ2v) is 8.55. The highest BCUT2D eigenvalue weighted by atomic mass is 35.5. The molecule has 2 aromatic carbocycles. The summed E-state index contributed by atoms with van der Waals surface area (Å²) in [4.78, 5) is 52.6. The highest BCUT2D eigenvalue weighted by Crippen LogP contribution is 2.45. The van der Waals surface area contributed by atoms with Gasteiger partial charge in [-0.3, -0.25) is 24.2 Å². The number of halogens is 1. The summed E-state index contributed by atoms with van der Waals surface area (Å²) in [5.41, 5.74) is 0.854. The number of carbonyl (C=O) groups excluding carboxylic acids is 4. The Kier molecular flexibility index (Phi) is 5.41. The summed E-state index contributed by atoms with van der Waals surface area (Å²) in [5, 5.41) is 9.16. The number of imide groups is 1. The van der Waals surface area contributed by atoms with Gasteiger partial charge in [0.05, 0.1) is 23.6 Å². The predicted molar refractivity (Wildman–Crippen MR) is 124 cm³/mol. The van der Waals surface area contributed by atoms with E-state index in [0.717, 1.165) is 4.90 Å². The third-order valence-corrected chi connectivity index (χ3v) is 6.28. The SMILES string of the molecule is CC(=O)Oc1ccc(N2C(=O)[C@@H]3[C@H](C2=O)[C@H]2C=CC=NN2[C@@H]3C(=O)Nc2ccc(Cl)cc2)cc1. The van der Waals surface area contributed by atoms with Crippen molar-refractivity contribution in [2.45, 2.75) is 19.0 Å². The number of nitrogens with one attached hydrogen (secondary N) is 1. The molecule has 0 aromatic heterocycles. The van der Waals surface area contributed by atoms with Crippen LogP contribution in [0.2, 0.25) is 5.02 Å². The molecular weight excluding hydrogens is 460 g/mol. The van der Waals surface area contributed by atoms with Gasteiger partial charge in [-0.2, -0.15) is 5.10 Å². The van der Waals surface area contributed by atoms with E-state index in [4.69, 9.17) is 16.3 Å². The number of nitrogens with zero attached hydrogens (tertiary/aromatic N) is 3. The van der Waals surface area contributed by atoms with Crippen molar-refractivity contribution in [3.05, 3.63) is 65.7 Å². The number of fused-ring (bicyclic) bond motifs is 3. The maximum Gasteiger partial charge on any atom is 0.308 e. The first kappa shape index (κ1) is 21.8. The van der Waals surface area contributed by atoms with Crippen molar-refractivity contribution >= 4 is 52.9 Å². The number of rotatable bonds is 4. The molecule has 172 valence electrons. The molecule has 0 saturated carbocycles. The lowest BCUT2D eigenvalue weighted by Gasteiger charge is -2.30. The third kappa shape index (κ3) is 3.63. The molecule has 9 nitrogen and oxygen atoms in total. The molecule has 0 unspecified atom stereocenters. The first-order valence-electron chi connectivity index (χ1n) is 10.6. The van der Waals surface area contributed by atoms with Crippen LogP contribution in [0.25, 0.3) is 0 Å². The van der Waals surface area contributed by atoms with Crippen molar-refractivity contribution in [1.29, 1.82) is 0 Å². The van der Waals surface area contributed by atoms with Crippen LogP contribution in [0.4, 0.5) is 11.4 Å². The summed E-state index contributed by atoms with van der Waals surface area (Å²) < 4.78 is 5.02. The Morgan fingerprint density at radius 1 is 1.00 bits per heavy atom. The first-order chi connectivity index (χ1) is 16.3. The fourth-order valence-electron chi connectivity index (χ4n) is 4.67. The fraction of sp³-hybridized carbons (Fsp3) is 0.208. The Morgan fingerprint density at radius 2 is 1.68 bits per heavy atom. The molecule has 5 rings (SSSR count). The van der Waals surface area contributed by atoms with Crippen LogP contribution in [0, 0.1) is 11.8 Å². The van der Waals surface area contributed by atoms with Gasteiger partial charge >= 0.3 is 5.97 Å². The van der Waals surface area contributed by atoms with Crippen molar-refractivity contribution in [2.24, 2.45) is 16.9 Å². The van der Waals surface area contributed by atoms with E-state index in [9.17, 15) is 19.2 Å². The summed E-state index contributed by atoms with van der Waals surface area (Å²) >= 11 is 5.92. The number of hydrazone groups is 1. The lowest BCUT2D eigenvalue weighted by Crippen LogP contribution is -2.47. The van der Waals surface area contributed by atoms with Gasteiger partial charge in [0.2, 0.25) is 17.7 Å². The van der Waals surface area contributed by atoms with Crippen LogP contribution < -0.4 is 15.0 Å². The normalized spacial score (nSPS) is 24.8. The third-order valence-electron chi connectivity index (χ3n) is 6.03. The van der Waals surface area contributed by atoms with Gasteiger partial charge in [0.25, 0.3) is 0 Å². The number of hydrogen-bond donors (Lipinski definition) is 1. The minimum Gasteiger partial charge on any atom is -0.427 e. The lowest BCUT2D eigenvalue weighted by atomic mass is 9.88. The number of allylic oxidation sites excluding steroid dienone is 1. The highest BCUT2D eigenvalue weighted by Gasteiger charge is 2.64. The van der Waals surface area contributed by atoms with E-state index in [1.165, 1.54) is 42.4 Å². The van der Waals surface area contributed by atoms with Crippen LogP contribution >= 0.6 is 11.6 Å². The molecule has 3 amide bonds. The summed E-state index contributed by atoms with van der Waals surface area (Å²) in [5.74, 6) is -3.20. The van der Waals surface area contributed by atoms with Crippen molar-refractivity contribution in [3.8, 4) is 5.75 Å². The standard InChI is InChI=1S/C24H19ClN4O5/c1-13(30)34-17-10-8-16(9-11-17)28-23(32)19-18-3-2-12-26-29(18)21(20(19)24(28)33)22(31)27-15-6-4-14(25)5-7-15/h2-12,18-21H,1H3,(H,27,31)/t18-,19-,20-,21+/m1/s1. The molecule has 2 saturated heterocycles. The first-order valence-corrected chi connectivity index (χ1v) is 10.9. The minimum absolute atomic E-state index is 0.298. The Morgan fingerprint density at radius 3 is 2.35 bits per heavy atom. The average Bonchev–Trinajstić information content (AvgIpc) is 3.28. The topological polar surface area (TPSA) is 108 Å². The van der Waals surface area contributed by atoms with E-state index < -0.39 is 47.6 Å². The predicted octanol–water partition coefficient (Wildman–Crippen LogP) is 2.62. The molecule has 0 radical (unpaired) electrons. The van der Waals surface area contributed by atoms with Gasteiger partial charge in [-0.05, 0) is 54.6 Å². The zero-order chi connectivity index (χ0) is 24.0. The number of ether oxygens (including phenoxy) is 1. The van der Waals surface area contributed by atoms with Gasteiger partial charge in [0.1, 0.15) is 11.8 Å². The summed E-state index contributed by atoms with van der Waals surface area (Å²) in [6.45, 7) is 1.28. The number of benzene rings is 2. The van der Waals surface area contributed by atoms with E-state index >= 15 is 0 Å². The van der Waals surface area contributed by atoms with Crippen molar-refractivity contribution < 1.29 is 23.9 Å². The molecule has 0 spiro atoms. The maximum absolute atomic E-state index is 13.5. The van der Waals surface area contributed by atoms with Crippen molar-refractivity contribution in [2.75, 3.05) is 10.2 Å². The molecule has 4 atom stereocenters. The Bertz CT molecular complexity index is 1240. The maximum atomic E-state index is 13.5. The van der Waals surface area contributed by atoms with E-state index in [2.05, 4.69) is 10.4 Å². The summed E-state index contributed by atoms with van der Waals surface area (Å²) in [6.07, 6.45) is 5.01. The van der Waals surface area contributed by atoms with Gasteiger partial charge in [-0.1, -0.05) is 17.7 Å². The van der Waals surface area contributed by atoms with Crippen LogP contribution in [0.15, 0.2) is 65.8 Å². The molecule has 3 heterocycles. The number of carbonyl (C=O) groups is 4. The molecular formula is C24H19ClN4O5. The number of esters is 1. The molecule has 2 fully saturated rings. The van der Waals surface area contributed by atoms with Crippen molar-refractivity contribution in [1.82, 2.24) is 5.01 Å². The van der Waals surface area contributed by atoms with Gasteiger partial charge in [0, 0.05) is 23.8 Å². The fourth-order valence-corrected chi connectivity index (χ4v) is 4.80. The zero-order valence-electron chi connectivity index (χ0n) is 17.9. The molecule has 0 bridgehead atoms.